The molecule has 4 aromatic rings. The lowest BCUT2D eigenvalue weighted by Gasteiger charge is -2.28. The third-order valence-corrected chi connectivity index (χ3v) is 7.13. The molecule has 1 heterocycles. The zero-order valence-electron chi connectivity index (χ0n) is 25.6. The fourth-order valence-corrected chi connectivity index (χ4v) is 4.97. The van der Waals surface area contributed by atoms with E-state index < -0.39 is 47.9 Å². The Labute approximate surface area is 262 Å². The van der Waals surface area contributed by atoms with E-state index >= 15 is 0 Å². The molecule has 234 valence electrons. The number of para-hydroxylation sites is 1. The number of benzene rings is 3. The summed E-state index contributed by atoms with van der Waals surface area (Å²) in [7, 11) is 0. The molecule has 45 heavy (non-hydrogen) atoms. The molecular weight excluding hydrogens is 570 g/mol. The van der Waals surface area contributed by atoms with Gasteiger partial charge in [-0.25, -0.2) is 4.98 Å². The molecule has 0 aliphatic carbocycles. The van der Waals surface area contributed by atoms with E-state index in [0.29, 0.717) is 16.6 Å². The van der Waals surface area contributed by atoms with E-state index in [1.807, 2.05) is 63.2 Å². The van der Waals surface area contributed by atoms with Crippen LogP contribution in [0.4, 0.5) is 0 Å². The first-order chi connectivity index (χ1) is 21.4. The molecule has 0 saturated heterocycles. The van der Waals surface area contributed by atoms with Crippen LogP contribution in [0.25, 0.3) is 10.9 Å². The van der Waals surface area contributed by atoms with Gasteiger partial charge in [-0.1, -0.05) is 72.8 Å². The standard InChI is InChI=1S/C35H39N5O5/c1-35(2,3)40-32(43)25-15-9-7-14-24(25)20-30(41)28(19-22-11-5-4-6-12-22)38-34(45)29(21-31(36)42)39-33(44)27-18-17-23-13-8-10-16-26(23)37-27/h4-18,28-30,41H,19-21H2,1-3H3,(H2,36,42)(H,38,45)(H,39,44)(H,40,43)/t28-,29-,30+/m1/s1. The number of carbonyl (C=O) groups is 4. The normalized spacial score (nSPS) is 13.3. The lowest BCUT2D eigenvalue weighted by atomic mass is 9.93. The predicted molar refractivity (Wildman–Crippen MR) is 172 cm³/mol. The van der Waals surface area contributed by atoms with Crippen LogP contribution in [-0.4, -0.2) is 57.4 Å². The average molecular weight is 610 g/mol. The summed E-state index contributed by atoms with van der Waals surface area (Å²) >= 11 is 0. The molecule has 0 aliphatic rings. The Hall–Kier alpha value is -5.09. The molecular formula is C35H39N5O5. The second-order valence-corrected chi connectivity index (χ2v) is 12.0. The van der Waals surface area contributed by atoms with Gasteiger partial charge < -0.3 is 26.8 Å². The first-order valence-corrected chi connectivity index (χ1v) is 14.8. The highest BCUT2D eigenvalue weighted by Gasteiger charge is 2.30. The minimum atomic E-state index is -1.32. The predicted octanol–water partition coefficient (Wildman–Crippen LogP) is 3.07. The molecule has 4 rings (SSSR count). The Kier molecular flexibility index (Phi) is 10.6. The number of nitrogens with zero attached hydrogens (tertiary/aromatic N) is 1. The number of nitrogens with two attached hydrogens (primary N) is 1. The van der Waals surface area contributed by atoms with Gasteiger partial charge in [-0.05, 0) is 56.5 Å². The van der Waals surface area contributed by atoms with Gasteiger partial charge in [0.2, 0.25) is 11.8 Å². The summed E-state index contributed by atoms with van der Waals surface area (Å²) in [4.78, 5) is 56.1. The summed E-state index contributed by atoms with van der Waals surface area (Å²) in [6, 6.07) is 24.7. The van der Waals surface area contributed by atoms with E-state index in [9.17, 15) is 24.3 Å². The minimum Gasteiger partial charge on any atom is -0.391 e. The van der Waals surface area contributed by atoms with Crippen LogP contribution in [0, 0.1) is 0 Å². The quantitative estimate of drug-likeness (QED) is 0.166. The Morgan fingerprint density at radius 2 is 1.47 bits per heavy atom. The van der Waals surface area contributed by atoms with Crippen molar-refractivity contribution in [3.63, 3.8) is 0 Å². The van der Waals surface area contributed by atoms with E-state index in [1.165, 1.54) is 6.07 Å². The molecule has 0 spiro atoms. The van der Waals surface area contributed by atoms with Crippen LogP contribution in [0.1, 0.15) is 59.2 Å². The average Bonchev–Trinajstić information content (AvgIpc) is 2.99. The van der Waals surface area contributed by atoms with Crippen molar-refractivity contribution in [3.05, 3.63) is 113 Å². The van der Waals surface area contributed by atoms with E-state index in [0.717, 1.165) is 10.9 Å². The molecule has 0 bridgehead atoms. The van der Waals surface area contributed by atoms with Crippen molar-refractivity contribution in [3.8, 4) is 0 Å². The van der Waals surface area contributed by atoms with Gasteiger partial charge in [-0.2, -0.15) is 0 Å². The highest BCUT2D eigenvalue weighted by Crippen LogP contribution is 2.17. The van der Waals surface area contributed by atoms with Crippen LogP contribution in [0.2, 0.25) is 0 Å². The summed E-state index contributed by atoms with van der Waals surface area (Å²) in [6.45, 7) is 5.64. The highest BCUT2D eigenvalue weighted by atomic mass is 16.3. The number of carbonyl (C=O) groups excluding carboxylic acids is 4. The lowest BCUT2D eigenvalue weighted by Crippen LogP contribution is -2.54. The summed E-state index contributed by atoms with van der Waals surface area (Å²) < 4.78 is 0. The molecule has 0 fully saturated rings. The van der Waals surface area contributed by atoms with Crippen molar-refractivity contribution < 1.29 is 24.3 Å². The number of hydrogen-bond acceptors (Lipinski definition) is 6. The van der Waals surface area contributed by atoms with E-state index in [1.54, 1.807) is 42.5 Å². The van der Waals surface area contributed by atoms with Gasteiger partial charge in [-0.15, -0.1) is 0 Å². The molecule has 6 N–H and O–H groups in total. The van der Waals surface area contributed by atoms with Crippen molar-refractivity contribution in [2.45, 2.75) is 63.8 Å². The van der Waals surface area contributed by atoms with Gasteiger partial charge in [0.1, 0.15) is 11.7 Å². The number of hydrogen-bond donors (Lipinski definition) is 5. The minimum absolute atomic E-state index is 0.0549. The SMILES string of the molecule is CC(C)(C)NC(=O)c1ccccc1C[C@H](O)[C@@H](Cc1ccccc1)NC(=O)[C@@H](CC(N)=O)NC(=O)c1ccc2ccccc2n1. The topological polar surface area (TPSA) is 164 Å². The second-order valence-electron chi connectivity index (χ2n) is 12.0. The van der Waals surface area contributed by atoms with Crippen LogP contribution < -0.4 is 21.7 Å². The Bertz CT molecular complexity index is 1670. The highest BCUT2D eigenvalue weighted by molar-refractivity contribution is 5.99. The fourth-order valence-electron chi connectivity index (χ4n) is 4.97. The number of amides is 4. The lowest BCUT2D eigenvalue weighted by molar-refractivity contribution is -0.128. The summed E-state index contributed by atoms with van der Waals surface area (Å²) in [6.07, 6.45) is -1.30. The van der Waals surface area contributed by atoms with Gasteiger partial charge in [0, 0.05) is 22.9 Å². The zero-order valence-corrected chi connectivity index (χ0v) is 25.6. The smallest absolute Gasteiger partial charge is 0.270 e. The molecule has 0 radical (unpaired) electrons. The van der Waals surface area contributed by atoms with Gasteiger partial charge in [0.15, 0.2) is 0 Å². The summed E-state index contributed by atoms with van der Waals surface area (Å²) in [5, 5.41) is 20.7. The first-order valence-electron chi connectivity index (χ1n) is 14.8. The second kappa shape index (κ2) is 14.6. The molecule has 10 nitrogen and oxygen atoms in total. The summed E-state index contributed by atoms with van der Waals surface area (Å²) in [5.74, 6) is -2.41. The largest absolute Gasteiger partial charge is 0.391 e. The number of pyridine rings is 1. The number of nitrogens with one attached hydrogen (secondary N) is 3. The van der Waals surface area contributed by atoms with Crippen molar-refractivity contribution in [1.29, 1.82) is 0 Å². The van der Waals surface area contributed by atoms with E-state index in [2.05, 4.69) is 20.9 Å². The van der Waals surface area contributed by atoms with E-state index in [-0.39, 0.29) is 24.4 Å². The molecule has 1 aromatic heterocycles. The van der Waals surface area contributed by atoms with Gasteiger partial charge in [0.25, 0.3) is 11.8 Å². The van der Waals surface area contributed by atoms with Crippen molar-refractivity contribution in [2.75, 3.05) is 0 Å². The van der Waals surface area contributed by atoms with E-state index in [4.69, 9.17) is 5.73 Å². The number of aliphatic hydroxyl groups excluding tert-OH is 1. The zero-order chi connectivity index (χ0) is 32.6. The maximum Gasteiger partial charge on any atom is 0.270 e. The van der Waals surface area contributed by atoms with Crippen LogP contribution in [0.3, 0.4) is 0 Å². The molecule has 0 aliphatic heterocycles. The number of primary amides is 1. The molecule has 0 unspecified atom stereocenters. The maximum absolute atomic E-state index is 13.6. The van der Waals surface area contributed by atoms with Crippen molar-refractivity contribution >= 4 is 34.5 Å². The first kappa shape index (κ1) is 32.8. The van der Waals surface area contributed by atoms with Crippen LogP contribution in [0.5, 0.6) is 0 Å². The third-order valence-electron chi connectivity index (χ3n) is 7.13. The number of aromatic nitrogens is 1. The van der Waals surface area contributed by atoms with Crippen LogP contribution in [-0.2, 0) is 22.4 Å². The van der Waals surface area contributed by atoms with Gasteiger partial charge in [0.05, 0.1) is 24.1 Å². The van der Waals surface area contributed by atoms with Crippen LogP contribution >= 0.6 is 0 Å². The molecule has 3 aromatic carbocycles. The van der Waals surface area contributed by atoms with Gasteiger partial charge >= 0.3 is 0 Å². The maximum atomic E-state index is 13.6. The Morgan fingerprint density at radius 3 is 2.18 bits per heavy atom. The third kappa shape index (κ3) is 9.45. The van der Waals surface area contributed by atoms with Crippen molar-refractivity contribution in [2.24, 2.45) is 5.73 Å². The molecule has 4 amide bonds. The fraction of sp³-hybridized carbons (Fsp3) is 0.286. The molecule has 0 saturated carbocycles. The number of rotatable bonds is 12. The Balaban J connectivity index is 1.56. The summed E-state index contributed by atoms with van der Waals surface area (Å²) in [5.41, 5.74) is 7.52. The molecule has 3 atom stereocenters. The molecule has 10 heteroatoms. The van der Waals surface area contributed by atoms with Crippen LogP contribution in [0.15, 0.2) is 91.0 Å². The van der Waals surface area contributed by atoms with Crippen molar-refractivity contribution in [1.82, 2.24) is 20.9 Å². The number of aliphatic hydroxyl groups is 1. The number of fused-ring (bicyclic) bond motifs is 1. The van der Waals surface area contributed by atoms with Gasteiger partial charge in [-0.3, -0.25) is 19.2 Å². The monoisotopic (exact) mass is 609 g/mol. The Morgan fingerprint density at radius 1 is 0.800 bits per heavy atom.